The highest BCUT2D eigenvalue weighted by atomic mass is 32.2. The predicted octanol–water partition coefficient (Wildman–Crippen LogP) is 0.147. The van der Waals surface area contributed by atoms with E-state index in [1.54, 1.807) is 11.8 Å². The molecule has 1 aliphatic carbocycles. The third-order valence-electron chi connectivity index (χ3n) is 2.02. The first-order valence-corrected chi connectivity index (χ1v) is 5.66. The fourth-order valence-electron chi connectivity index (χ4n) is 1.15. The highest BCUT2D eigenvalue weighted by molar-refractivity contribution is 7.98. The van der Waals surface area contributed by atoms with Crippen molar-refractivity contribution in [2.45, 2.75) is 30.6 Å². The van der Waals surface area contributed by atoms with Crippen molar-refractivity contribution in [2.75, 3.05) is 12.8 Å². The molecule has 1 aromatic rings. The van der Waals surface area contributed by atoms with E-state index in [1.807, 2.05) is 10.9 Å². The lowest BCUT2D eigenvalue weighted by atomic mass is 10.6. The molecule has 1 heterocycles. The molecule has 2 rings (SSSR count). The minimum atomic E-state index is 0.759. The van der Waals surface area contributed by atoms with Crippen LogP contribution in [0.5, 0.6) is 0 Å². The van der Waals surface area contributed by atoms with Crippen LogP contribution in [0, 0.1) is 0 Å². The van der Waals surface area contributed by atoms with Crippen molar-refractivity contribution in [2.24, 2.45) is 0 Å². The monoisotopic (exact) mass is 199 g/mol. The van der Waals surface area contributed by atoms with Crippen LogP contribution in [0.4, 0.5) is 0 Å². The minimum absolute atomic E-state index is 0.759. The molecular weight excluding hydrogens is 186 g/mol. The van der Waals surface area contributed by atoms with E-state index in [2.05, 4.69) is 20.8 Å². The summed E-state index contributed by atoms with van der Waals surface area (Å²) < 4.78 is 1.83. The summed E-state index contributed by atoms with van der Waals surface area (Å²) >= 11 is 1.58. The van der Waals surface area contributed by atoms with Crippen LogP contribution in [0.25, 0.3) is 0 Å². The second kappa shape index (κ2) is 4.06. The molecule has 0 bridgehead atoms. The van der Waals surface area contributed by atoms with Gasteiger partial charge in [-0.05, 0) is 29.5 Å². The lowest BCUT2D eigenvalue weighted by Gasteiger charge is -2.03. The van der Waals surface area contributed by atoms with Gasteiger partial charge < -0.3 is 5.32 Å². The molecule has 0 aliphatic heterocycles. The SMILES string of the molecule is CSc1nnnn1CCNC1CC1. The van der Waals surface area contributed by atoms with Gasteiger partial charge in [-0.1, -0.05) is 11.8 Å². The molecule has 1 aromatic heterocycles. The zero-order valence-corrected chi connectivity index (χ0v) is 8.42. The van der Waals surface area contributed by atoms with Crippen LogP contribution in [-0.4, -0.2) is 39.0 Å². The number of tetrazole rings is 1. The number of thioether (sulfide) groups is 1. The molecule has 0 radical (unpaired) electrons. The van der Waals surface area contributed by atoms with Gasteiger partial charge in [0.2, 0.25) is 5.16 Å². The topological polar surface area (TPSA) is 55.6 Å². The Morgan fingerprint density at radius 3 is 3.15 bits per heavy atom. The van der Waals surface area contributed by atoms with Crippen LogP contribution in [0.1, 0.15) is 12.8 Å². The molecule has 0 spiro atoms. The van der Waals surface area contributed by atoms with E-state index in [0.29, 0.717) is 0 Å². The first kappa shape index (κ1) is 8.96. The molecule has 0 atom stereocenters. The number of hydrogen-bond donors (Lipinski definition) is 1. The number of nitrogens with zero attached hydrogens (tertiary/aromatic N) is 4. The molecule has 72 valence electrons. The Kier molecular flexibility index (Phi) is 2.80. The zero-order valence-electron chi connectivity index (χ0n) is 7.60. The van der Waals surface area contributed by atoms with Crippen molar-refractivity contribution in [3.8, 4) is 0 Å². The van der Waals surface area contributed by atoms with Crippen LogP contribution in [0.15, 0.2) is 5.16 Å². The maximum Gasteiger partial charge on any atom is 0.209 e. The summed E-state index contributed by atoms with van der Waals surface area (Å²) in [5, 5.41) is 15.7. The number of nitrogens with one attached hydrogen (secondary N) is 1. The molecule has 1 N–H and O–H groups in total. The third-order valence-corrected chi connectivity index (χ3v) is 2.67. The van der Waals surface area contributed by atoms with Crippen LogP contribution in [0.2, 0.25) is 0 Å². The maximum absolute atomic E-state index is 3.90. The average Bonchev–Trinajstić information content (AvgIpc) is 2.84. The largest absolute Gasteiger partial charge is 0.312 e. The van der Waals surface area contributed by atoms with Crippen molar-refractivity contribution >= 4 is 11.8 Å². The smallest absolute Gasteiger partial charge is 0.209 e. The first-order chi connectivity index (χ1) is 6.40. The lowest BCUT2D eigenvalue weighted by molar-refractivity contribution is 0.510. The Morgan fingerprint density at radius 1 is 1.62 bits per heavy atom. The Balaban J connectivity index is 1.78. The van der Waals surface area contributed by atoms with E-state index >= 15 is 0 Å². The zero-order chi connectivity index (χ0) is 9.10. The summed E-state index contributed by atoms with van der Waals surface area (Å²) in [5.41, 5.74) is 0. The van der Waals surface area contributed by atoms with Crippen LogP contribution in [-0.2, 0) is 6.54 Å². The lowest BCUT2D eigenvalue weighted by Crippen LogP contribution is -2.22. The molecule has 0 saturated heterocycles. The predicted molar refractivity (Wildman–Crippen MR) is 50.6 cm³/mol. The van der Waals surface area contributed by atoms with Crippen molar-refractivity contribution < 1.29 is 0 Å². The minimum Gasteiger partial charge on any atom is -0.312 e. The number of hydrogen-bond acceptors (Lipinski definition) is 5. The summed E-state index contributed by atoms with van der Waals surface area (Å²) in [7, 11) is 0. The van der Waals surface area contributed by atoms with Crippen LogP contribution < -0.4 is 5.32 Å². The molecule has 5 nitrogen and oxygen atoms in total. The third kappa shape index (κ3) is 2.41. The summed E-state index contributed by atoms with van der Waals surface area (Å²) in [6.07, 6.45) is 4.63. The number of rotatable bonds is 5. The normalized spacial score (nSPS) is 16.4. The van der Waals surface area contributed by atoms with Crippen molar-refractivity contribution in [3.63, 3.8) is 0 Å². The molecule has 1 fully saturated rings. The van der Waals surface area contributed by atoms with E-state index in [-0.39, 0.29) is 0 Å². The second-order valence-electron chi connectivity index (χ2n) is 3.12. The molecule has 0 unspecified atom stereocenters. The Bertz CT molecular complexity index is 270. The van der Waals surface area contributed by atoms with Crippen molar-refractivity contribution in [3.05, 3.63) is 0 Å². The average molecular weight is 199 g/mol. The second-order valence-corrected chi connectivity index (χ2v) is 3.89. The standard InChI is InChI=1S/C7H13N5S/c1-13-7-9-10-11-12(7)5-4-8-6-2-3-6/h6,8H,2-5H2,1H3. The van der Waals surface area contributed by atoms with E-state index in [9.17, 15) is 0 Å². The molecule has 1 saturated carbocycles. The highest BCUT2D eigenvalue weighted by Gasteiger charge is 2.19. The van der Waals surface area contributed by atoms with Gasteiger partial charge >= 0.3 is 0 Å². The van der Waals surface area contributed by atoms with E-state index < -0.39 is 0 Å². The maximum atomic E-state index is 3.90. The fourth-order valence-corrected chi connectivity index (χ4v) is 1.60. The van der Waals surface area contributed by atoms with E-state index in [1.165, 1.54) is 12.8 Å². The summed E-state index contributed by atoms with van der Waals surface area (Å²) in [5.74, 6) is 0. The number of aromatic nitrogens is 4. The van der Waals surface area contributed by atoms with Gasteiger partial charge in [-0.25, -0.2) is 4.68 Å². The van der Waals surface area contributed by atoms with E-state index in [4.69, 9.17) is 0 Å². The molecule has 0 amide bonds. The van der Waals surface area contributed by atoms with Gasteiger partial charge in [-0.15, -0.1) is 5.10 Å². The summed E-state index contributed by atoms with van der Waals surface area (Å²) in [4.78, 5) is 0. The summed E-state index contributed by atoms with van der Waals surface area (Å²) in [6, 6.07) is 0.759. The molecule has 1 aliphatic rings. The van der Waals surface area contributed by atoms with Crippen LogP contribution >= 0.6 is 11.8 Å². The van der Waals surface area contributed by atoms with Gasteiger partial charge in [0.05, 0.1) is 6.54 Å². The molecular formula is C7H13N5S. The highest BCUT2D eigenvalue weighted by Crippen LogP contribution is 2.18. The van der Waals surface area contributed by atoms with Crippen molar-refractivity contribution in [1.29, 1.82) is 0 Å². The van der Waals surface area contributed by atoms with Gasteiger partial charge in [-0.3, -0.25) is 0 Å². The van der Waals surface area contributed by atoms with Gasteiger partial charge in [0, 0.05) is 12.6 Å². The van der Waals surface area contributed by atoms with E-state index in [0.717, 1.165) is 24.3 Å². The quantitative estimate of drug-likeness (QED) is 0.684. The molecule has 0 aromatic carbocycles. The Hall–Kier alpha value is -0.620. The van der Waals surface area contributed by atoms with Crippen LogP contribution in [0.3, 0.4) is 0 Å². The Morgan fingerprint density at radius 2 is 2.46 bits per heavy atom. The van der Waals surface area contributed by atoms with Gasteiger partial charge in [0.25, 0.3) is 0 Å². The molecule has 13 heavy (non-hydrogen) atoms. The van der Waals surface area contributed by atoms with Gasteiger partial charge in [0.1, 0.15) is 0 Å². The molecule has 6 heteroatoms. The Labute approximate surface area is 81.3 Å². The fraction of sp³-hybridized carbons (Fsp3) is 0.857. The van der Waals surface area contributed by atoms with Gasteiger partial charge in [0.15, 0.2) is 0 Å². The van der Waals surface area contributed by atoms with Crippen molar-refractivity contribution in [1.82, 2.24) is 25.5 Å². The van der Waals surface area contributed by atoms with Gasteiger partial charge in [-0.2, -0.15) is 0 Å². The first-order valence-electron chi connectivity index (χ1n) is 4.43. The summed E-state index contributed by atoms with van der Waals surface area (Å²) in [6.45, 7) is 1.82.